The maximum atomic E-state index is 13.3. The van der Waals surface area contributed by atoms with Crippen LogP contribution < -0.4 is 5.32 Å². The van der Waals surface area contributed by atoms with Crippen molar-refractivity contribution in [3.63, 3.8) is 0 Å². The molecule has 0 saturated carbocycles. The molecule has 0 bridgehead atoms. The van der Waals surface area contributed by atoms with E-state index >= 15 is 0 Å². The van der Waals surface area contributed by atoms with E-state index in [1.807, 2.05) is 18.3 Å². The molecule has 1 N–H and O–H groups in total. The minimum atomic E-state index is -0.397. The zero-order chi connectivity index (χ0) is 13.7. The Bertz CT molecular complexity index is 531. The number of rotatable bonds is 5. The lowest BCUT2D eigenvalue weighted by Crippen LogP contribution is -2.23. The largest absolute Gasteiger partial charge is 0.306 e. The second-order valence-corrected chi connectivity index (χ2v) is 4.75. The monoisotopic (exact) mass is 278 g/mol. The molecule has 0 amide bonds. The van der Waals surface area contributed by atoms with Crippen LogP contribution in [0.25, 0.3) is 0 Å². The van der Waals surface area contributed by atoms with Crippen LogP contribution in [0.1, 0.15) is 30.5 Å². The molecule has 0 saturated heterocycles. The Kier molecular flexibility index (Phi) is 4.88. The molecule has 0 fully saturated rings. The van der Waals surface area contributed by atoms with Gasteiger partial charge in [0.1, 0.15) is 5.82 Å². The Hall–Kier alpha value is -1.45. The normalized spacial score (nSPS) is 12.4. The third-order valence-electron chi connectivity index (χ3n) is 2.89. The van der Waals surface area contributed by atoms with Gasteiger partial charge in [0, 0.05) is 12.4 Å². The zero-order valence-corrected chi connectivity index (χ0v) is 11.5. The fourth-order valence-corrected chi connectivity index (χ4v) is 2.14. The SMILES string of the molecule is CCCNC(c1cccnc1)c1ccc(F)c(Cl)c1. The van der Waals surface area contributed by atoms with E-state index in [-0.39, 0.29) is 11.1 Å². The summed E-state index contributed by atoms with van der Waals surface area (Å²) in [5, 5.41) is 3.57. The zero-order valence-electron chi connectivity index (χ0n) is 10.7. The molecule has 2 nitrogen and oxygen atoms in total. The summed E-state index contributed by atoms with van der Waals surface area (Å²) in [5.41, 5.74) is 1.98. The van der Waals surface area contributed by atoms with E-state index in [4.69, 9.17) is 11.6 Å². The number of halogens is 2. The Balaban J connectivity index is 2.34. The van der Waals surface area contributed by atoms with Crippen LogP contribution in [0.2, 0.25) is 5.02 Å². The molecular formula is C15H16ClFN2. The molecule has 1 aromatic carbocycles. The second-order valence-electron chi connectivity index (χ2n) is 4.35. The standard InChI is InChI=1S/C15H16ClFN2/c1-2-7-19-15(12-4-3-8-18-10-12)11-5-6-14(17)13(16)9-11/h3-6,8-10,15,19H,2,7H2,1H3. The Morgan fingerprint density at radius 3 is 2.79 bits per heavy atom. The van der Waals surface area contributed by atoms with Crippen molar-refractivity contribution in [3.8, 4) is 0 Å². The Morgan fingerprint density at radius 1 is 1.32 bits per heavy atom. The van der Waals surface area contributed by atoms with Gasteiger partial charge in [-0.25, -0.2) is 4.39 Å². The van der Waals surface area contributed by atoms with Crippen molar-refractivity contribution in [1.29, 1.82) is 0 Å². The summed E-state index contributed by atoms with van der Waals surface area (Å²) in [6.45, 7) is 2.97. The van der Waals surface area contributed by atoms with E-state index in [0.717, 1.165) is 24.1 Å². The van der Waals surface area contributed by atoms with E-state index in [0.29, 0.717) is 0 Å². The molecule has 2 aromatic rings. The van der Waals surface area contributed by atoms with Gasteiger partial charge in [-0.15, -0.1) is 0 Å². The highest BCUT2D eigenvalue weighted by atomic mass is 35.5. The summed E-state index contributed by atoms with van der Waals surface area (Å²) < 4.78 is 13.3. The fraction of sp³-hybridized carbons (Fsp3) is 0.267. The van der Waals surface area contributed by atoms with Gasteiger partial charge in [-0.3, -0.25) is 4.98 Å². The number of hydrogen-bond donors (Lipinski definition) is 1. The highest BCUT2D eigenvalue weighted by Crippen LogP contribution is 2.25. The minimum absolute atomic E-state index is 0.0215. The van der Waals surface area contributed by atoms with Crippen LogP contribution in [0, 0.1) is 5.82 Å². The topological polar surface area (TPSA) is 24.9 Å². The van der Waals surface area contributed by atoms with Crippen LogP contribution in [0.3, 0.4) is 0 Å². The van der Waals surface area contributed by atoms with Gasteiger partial charge in [-0.05, 0) is 42.3 Å². The average Bonchev–Trinajstić information content (AvgIpc) is 2.44. The van der Waals surface area contributed by atoms with Gasteiger partial charge >= 0.3 is 0 Å². The minimum Gasteiger partial charge on any atom is -0.306 e. The van der Waals surface area contributed by atoms with Crippen molar-refractivity contribution in [3.05, 3.63) is 64.7 Å². The Morgan fingerprint density at radius 2 is 2.16 bits per heavy atom. The third kappa shape index (κ3) is 3.52. The lowest BCUT2D eigenvalue weighted by Gasteiger charge is -2.19. The predicted molar refractivity (Wildman–Crippen MR) is 75.8 cm³/mol. The average molecular weight is 279 g/mol. The molecule has 4 heteroatoms. The Labute approximate surface area is 117 Å². The third-order valence-corrected chi connectivity index (χ3v) is 3.18. The molecule has 0 aliphatic carbocycles. The lowest BCUT2D eigenvalue weighted by molar-refractivity contribution is 0.592. The van der Waals surface area contributed by atoms with Crippen molar-refractivity contribution in [2.24, 2.45) is 0 Å². The molecule has 1 atom stereocenters. The van der Waals surface area contributed by atoms with Crippen LogP contribution >= 0.6 is 11.6 Å². The first-order chi connectivity index (χ1) is 9.22. The summed E-state index contributed by atoms with van der Waals surface area (Å²) in [7, 11) is 0. The number of benzene rings is 1. The molecule has 0 radical (unpaired) electrons. The van der Waals surface area contributed by atoms with Gasteiger partial charge < -0.3 is 5.32 Å². The van der Waals surface area contributed by atoms with Crippen LogP contribution in [-0.2, 0) is 0 Å². The molecule has 1 unspecified atom stereocenters. The smallest absolute Gasteiger partial charge is 0.141 e. The van der Waals surface area contributed by atoms with E-state index in [1.165, 1.54) is 6.07 Å². The predicted octanol–water partition coefficient (Wildman–Crippen LogP) is 3.96. The summed E-state index contributed by atoms with van der Waals surface area (Å²) in [6.07, 6.45) is 4.56. The highest BCUT2D eigenvalue weighted by molar-refractivity contribution is 6.30. The van der Waals surface area contributed by atoms with E-state index < -0.39 is 5.82 Å². The summed E-state index contributed by atoms with van der Waals surface area (Å²) >= 11 is 5.86. The van der Waals surface area contributed by atoms with Gasteiger partial charge in [0.05, 0.1) is 11.1 Å². The van der Waals surface area contributed by atoms with Crippen molar-refractivity contribution >= 4 is 11.6 Å². The fourth-order valence-electron chi connectivity index (χ4n) is 1.96. The maximum absolute atomic E-state index is 13.3. The van der Waals surface area contributed by atoms with E-state index in [9.17, 15) is 4.39 Å². The van der Waals surface area contributed by atoms with Crippen LogP contribution in [-0.4, -0.2) is 11.5 Å². The van der Waals surface area contributed by atoms with Gasteiger partial charge in [0.2, 0.25) is 0 Å². The summed E-state index contributed by atoms with van der Waals surface area (Å²) in [5.74, 6) is -0.397. The van der Waals surface area contributed by atoms with Crippen molar-refractivity contribution in [1.82, 2.24) is 10.3 Å². The number of nitrogens with one attached hydrogen (secondary N) is 1. The molecule has 100 valence electrons. The van der Waals surface area contributed by atoms with Gasteiger partial charge in [0.15, 0.2) is 0 Å². The van der Waals surface area contributed by atoms with Gasteiger partial charge in [-0.1, -0.05) is 30.7 Å². The molecule has 0 aliphatic heterocycles. The second kappa shape index (κ2) is 6.64. The van der Waals surface area contributed by atoms with E-state index in [2.05, 4.69) is 17.2 Å². The van der Waals surface area contributed by atoms with Crippen LogP contribution in [0.4, 0.5) is 4.39 Å². The number of pyridine rings is 1. The van der Waals surface area contributed by atoms with E-state index in [1.54, 1.807) is 18.3 Å². The molecule has 2 rings (SSSR count). The van der Waals surface area contributed by atoms with Crippen LogP contribution in [0.15, 0.2) is 42.7 Å². The number of hydrogen-bond acceptors (Lipinski definition) is 2. The van der Waals surface area contributed by atoms with Crippen molar-refractivity contribution in [2.45, 2.75) is 19.4 Å². The maximum Gasteiger partial charge on any atom is 0.141 e. The highest BCUT2D eigenvalue weighted by Gasteiger charge is 2.14. The van der Waals surface area contributed by atoms with Crippen molar-refractivity contribution in [2.75, 3.05) is 6.54 Å². The molecular weight excluding hydrogens is 263 g/mol. The molecule has 1 heterocycles. The lowest BCUT2D eigenvalue weighted by atomic mass is 10.00. The molecule has 0 aliphatic rings. The molecule has 19 heavy (non-hydrogen) atoms. The number of aromatic nitrogens is 1. The molecule has 1 aromatic heterocycles. The van der Waals surface area contributed by atoms with Crippen molar-refractivity contribution < 1.29 is 4.39 Å². The summed E-state index contributed by atoms with van der Waals surface area (Å²) in [6, 6.07) is 8.68. The quantitative estimate of drug-likeness (QED) is 0.895. The molecule has 0 spiro atoms. The number of nitrogens with zero attached hydrogens (tertiary/aromatic N) is 1. The van der Waals surface area contributed by atoms with Crippen LogP contribution in [0.5, 0.6) is 0 Å². The summed E-state index contributed by atoms with van der Waals surface area (Å²) in [4.78, 5) is 4.13. The van der Waals surface area contributed by atoms with Gasteiger partial charge in [-0.2, -0.15) is 0 Å². The van der Waals surface area contributed by atoms with Gasteiger partial charge in [0.25, 0.3) is 0 Å². The first-order valence-corrected chi connectivity index (χ1v) is 6.68. The first-order valence-electron chi connectivity index (χ1n) is 6.30. The first kappa shape index (κ1) is 14.0.